The molecule has 0 aliphatic heterocycles. The van der Waals surface area contributed by atoms with Crippen molar-refractivity contribution in [1.29, 1.82) is 0 Å². The molecule has 0 bridgehead atoms. The Bertz CT molecular complexity index is 837. The molecule has 3 aliphatic carbocycles. The number of carbonyl (C=O) groups is 2. The molecule has 6 heteroatoms. The fraction of sp³-hybridized carbons (Fsp3) is 0.619. The second-order valence-electron chi connectivity index (χ2n) is 8.78. The third-order valence-electron chi connectivity index (χ3n) is 7.06. The maximum absolute atomic E-state index is 12.8. The van der Waals surface area contributed by atoms with Crippen LogP contribution in [0.3, 0.4) is 0 Å². The second-order valence-corrected chi connectivity index (χ2v) is 9.86. The summed E-state index contributed by atoms with van der Waals surface area (Å²) in [4.78, 5) is 27.9. The van der Waals surface area contributed by atoms with Gasteiger partial charge in [0.1, 0.15) is 5.58 Å². The van der Waals surface area contributed by atoms with E-state index in [1.54, 1.807) is 12.3 Å². The van der Waals surface area contributed by atoms with E-state index in [1.165, 1.54) is 37.0 Å². The zero-order valence-electron chi connectivity index (χ0n) is 15.7. The minimum Gasteiger partial charge on any atom is -0.463 e. The van der Waals surface area contributed by atoms with Crippen LogP contribution in [0, 0.1) is 11.3 Å². The number of fused-ring (bicyclic) bond motifs is 1. The smallest absolute Gasteiger partial charge is 0.261 e. The third kappa shape index (κ3) is 3.18. The van der Waals surface area contributed by atoms with Crippen LogP contribution in [0.2, 0.25) is 0 Å². The fourth-order valence-corrected chi connectivity index (χ4v) is 5.66. The SMILES string of the molecule is CN(C(=O)C1CCC2(CC1)CC2)C1CC(NC(=O)c2cc3occc3s2)C1. The van der Waals surface area contributed by atoms with Gasteiger partial charge in [-0.2, -0.15) is 0 Å². The van der Waals surface area contributed by atoms with E-state index in [2.05, 4.69) is 5.32 Å². The van der Waals surface area contributed by atoms with Crippen molar-refractivity contribution < 1.29 is 14.0 Å². The van der Waals surface area contributed by atoms with Crippen LogP contribution in [0.5, 0.6) is 0 Å². The minimum atomic E-state index is -0.0363. The Balaban J connectivity index is 1.10. The first kappa shape index (κ1) is 17.3. The summed E-state index contributed by atoms with van der Waals surface area (Å²) >= 11 is 1.45. The topological polar surface area (TPSA) is 62.6 Å². The highest BCUT2D eigenvalue weighted by Gasteiger charge is 2.47. The van der Waals surface area contributed by atoms with Gasteiger partial charge < -0.3 is 14.6 Å². The highest BCUT2D eigenvalue weighted by Crippen LogP contribution is 2.57. The van der Waals surface area contributed by atoms with E-state index in [1.807, 2.05) is 18.0 Å². The second kappa shape index (κ2) is 6.36. The standard InChI is InChI=1S/C21H26N2O3S/c1-23(20(25)13-2-5-21(6-3-13)7-8-21)15-10-14(11-15)22-19(24)18-12-16-17(27-18)4-9-26-16/h4,9,12-15H,2-3,5-8,10-11H2,1H3,(H,22,24). The Morgan fingerprint density at radius 2 is 1.96 bits per heavy atom. The van der Waals surface area contributed by atoms with Gasteiger partial charge in [-0.1, -0.05) is 0 Å². The monoisotopic (exact) mass is 386 g/mol. The molecule has 2 amide bonds. The number of carbonyl (C=O) groups excluding carboxylic acids is 2. The molecule has 3 aliphatic rings. The minimum absolute atomic E-state index is 0.0363. The summed E-state index contributed by atoms with van der Waals surface area (Å²) in [5.41, 5.74) is 1.40. The summed E-state index contributed by atoms with van der Waals surface area (Å²) in [6, 6.07) is 4.11. The van der Waals surface area contributed by atoms with E-state index in [4.69, 9.17) is 4.42 Å². The number of hydrogen-bond donors (Lipinski definition) is 1. The predicted octanol–water partition coefficient (Wildman–Crippen LogP) is 4.18. The largest absolute Gasteiger partial charge is 0.463 e. The van der Waals surface area contributed by atoms with Crippen molar-refractivity contribution in [1.82, 2.24) is 10.2 Å². The number of nitrogens with zero attached hydrogens (tertiary/aromatic N) is 1. The Labute approximate surface area is 163 Å². The quantitative estimate of drug-likeness (QED) is 0.857. The molecule has 2 aromatic rings. The lowest BCUT2D eigenvalue weighted by molar-refractivity contribution is -0.139. The number of nitrogens with one attached hydrogen (secondary N) is 1. The van der Waals surface area contributed by atoms with Crippen LogP contribution in [0.1, 0.15) is 61.0 Å². The Kier molecular flexibility index (Phi) is 4.08. The van der Waals surface area contributed by atoms with Crippen molar-refractivity contribution in [2.75, 3.05) is 7.05 Å². The van der Waals surface area contributed by atoms with Crippen LogP contribution < -0.4 is 5.32 Å². The van der Waals surface area contributed by atoms with Crippen molar-refractivity contribution in [3.05, 3.63) is 23.3 Å². The zero-order chi connectivity index (χ0) is 18.6. The molecule has 27 heavy (non-hydrogen) atoms. The van der Waals surface area contributed by atoms with Crippen molar-refractivity contribution in [3.8, 4) is 0 Å². The van der Waals surface area contributed by atoms with E-state index in [0.29, 0.717) is 16.2 Å². The molecule has 1 spiro atoms. The average molecular weight is 387 g/mol. The van der Waals surface area contributed by atoms with E-state index in [-0.39, 0.29) is 23.9 Å². The van der Waals surface area contributed by atoms with Gasteiger partial charge in [0.25, 0.3) is 5.91 Å². The van der Waals surface area contributed by atoms with E-state index in [0.717, 1.165) is 36.0 Å². The molecule has 1 N–H and O–H groups in total. The summed E-state index contributed by atoms with van der Waals surface area (Å²) in [5, 5.41) is 3.10. The molecule has 0 radical (unpaired) electrons. The van der Waals surface area contributed by atoms with Crippen molar-refractivity contribution in [2.45, 2.75) is 63.5 Å². The van der Waals surface area contributed by atoms with Gasteiger partial charge in [-0.15, -0.1) is 11.3 Å². The van der Waals surface area contributed by atoms with Gasteiger partial charge in [-0.05, 0) is 62.8 Å². The lowest BCUT2D eigenvalue weighted by atomic mass is 9.78. The normalized spacial score (nSPS) is 26.7. The number of rotatable bonds is 4. The molecular formula is C21H26N2O3S. The van der Waals surface area contributed by atoms with Gasteiger partial charge in [0.15, 0.2) is 0 Å². The van der Waals surface area contributed by atoms with Crippen LogP contribution in [-0.4, -0.2) is 35.8 Å². The molecule has 2 aromatic heterocycles. The maximum Gasteiger partial charge on any atom is 0.261 e. The van der Waals surface area contributed by atoms with Gasteiger partial charge in [-0.25, -0.2) is 0 Å². The lowest BCUT2D eigenvalue weighted by Crippen LogP contribution is -2.55. The fourth-order valence-electron chi connectivity index (χ4n) is 4.78. The summed E-state index contributed by atoms with van der Waals surface area (Å²) in [6.07, 6.45) is 10.7. The summed E-state index contributed by atoms with van der Waals surface area (Å²) in [5.74, 6) is 0.501. The zero-order valence-corrected chi connectivity index (χ0v) is 16.5. The van der Waals surface area contributed by atoms with Crippen LogP contribution >= 0.6 is 11.3 Å². The van der Waals surface area contributed by atoms with Gasteiger partial charge in [-0.3, -0.25) is 9.59 Å². The number of amides is 2. The lowest BCUT2D eigenvalue weighted by Gasteiger charge is -2.43. The first-order valence-electron chi connectivity index (χ1n) is 10.1. The summed E-state index contributed by atoms with van der Waals surface area (Å²) < 4.78 is 6.33. The van der Waals surface area contributed by atoms with Crippen LogP contribution in [0.25, 0.3) is 10.3 Å². The molecule has 3 fully saturated rings. The average Bonchev–Trinajstić information content (AvgIpc) is 3.04. The molecule has 0 aromatic carbocycles. The van der Waals surface area contributed by atoms with Crippen LogP contribution in [-0.2, 0) is 4.79 Å². The first-order valence-corrected chi connectivity index (χ1v) is 10.9. The van der Waals surface area contributed by atoms with Crippen LogP contribution in [0.4, 0.5) is 0 Å². The Morgan fingerprint density at radius 3 is 2.63 bits per heavy atom. The molecule has 5 rings (SSSR count). The molecule has 0 unspecified atom stereocenters. The molecular weight excluding hydrogens is 360 g/mol. The van der Waals surface area contributed by atoms with E-state index >= 15 is 0 Å². The van der Waals surface area contributed by atoms with Crippen molar-refractivity contribution in [2.24, 2.45) is 11.3 Å². The predicted molar refractivity (Wildman–Crippen MR) is 105 cm³/mol. The molecule has 5 nitrogen and oxygen atoms in total. The van der Waals surface area contributed by atoms with Gasteiger partial charge >= 0.3 is 0 Å². The van der Waals surface area contributed by atoms with Gasteiger partial charge in [0, 0.05) is 31.1 Å². The molecule has 2 heterocycles. The third-order valence-corrected chi connectivity index (χ3v) is 8.14. The molecule has 144 valence electrons. The van der Waals surface area contributed by atoms with Gasteiger partial charge in [0.2, 0.25) is 5.91 Å². The molecule has 0 atom stereocenters. The van der Waals surface area contributed by atoms with E-state index < -0.39 is 0 Å². The van der Waals surface area contributed by atoms with Gasteiger partial charge in [0.05, 0.1) is 15.8 Å². The highest BCUT2D eigenvalue weighted by molar-refractivity contribution is 7.20. The highest BCUT2D eigenvalue weighted by atomic mass is 32.1. The Morgan fingerprint density at radius 1 is 1.22 bits per heavy atom. The molecule has 3 saturated carbocycles. The first-order chi connectivity index (χ1) is 13.0. The van der Waals surface area contributed by atoms with Crippen LogP contribution in [0.15, 0.2) is 22.8 Å². The van der Waals surface area contributed by atoms with Crippen molar-refractivity contribution >= 4 is 33.4 Å². The number of hydrogen-bond acceptors (Lipinski definition) is 4. The maximum atomic E-state index is 12.8. The Hall–Kier alpha value is -1.82. The number of furan rings is 1. The van der Waals surface area contributed by atoms with E-state index in [9.17, 15) is 9.59 Å². The molecule has 0 saturated heterocycles. The summed E-state index contributed by atoms with van der Waals surface area (Å²) in [7, 11) is 1.94. The van der Waals surface area contributed by atoms with Crippen molar-refractivity contribution in [3.63, 3.8) is 0 Å². The number of thiophene rings is 1. The summed E-state index contributed by atoms with van der Waals surface area (Å²) in [6.45, 7) is 0.